The van der Waals surface area contributed by atoms with E-state index in [9.17, 15) is 9.18 Å². The standard InChI is InChI=1S/C17H13ClFN3O2S/c1-9-14(16(23)21-12-6-5-10(18)8-11(12)19)17(25-2)22-15(20-9)13-4-3-7-24-13/h3-8H,1-2H3,(H,21,23). The first-order chi connectivity index (χ1) is 12.0. The minimum atomic E-state index is -0.614. The van der Waals surface area contributed by atoms with Crippen LogP contribution in [0.4, 0.5) is 10.1 Å². The molecule has 0 atom stereocenters. The maximum Gasteiger partial charge on any atom is 0.260 e. The zero-order chi connectivity index (χ0) is 18.0. The van der Waals surface area contributed by atoms with Crippen LogP contribution in [0.3, 0.4) is 0 Å². The Morgan fingerprint density at radius 1 is 1.32 bits per heavy atom. The second-order valence-corrected chi connectivity index (χ2v) is 6.30. The van der Waals surface area contributed by atoms with Crippen LogP contribution in [0.2, 0.25) is 5.02 Å². The molecule has 0 bridgehead atoms. The van der Waals surface area contributed by atoms with Gasteiger partial charge >= 0.3 is 0 Å². The van der Waals surface area contributed by atoms with E-state index in [1.54, 1.807) is 25.3 Å². The summed E-state index contributed by atoms with van der Waals surface area (Å²) in [5.74, 6) is -0.207. The van der Waals surface area contributed by atoms with Gasteiger partial charge in [0.1, 0.15) is 10.8 Å². The van der Waals surface area contributed by atoms with E-state index < -0.39 is 11.7 Å². The lowest BCUT2D eigenvalue weighted by Crippen LogP contribution is -2.17. The molecule has 1 aromatic carbocycles. The molecule has 128 valence electrons. The van der Waals surface area contributed by atoms with Crippen LogP contribution in [-0.2, 0) is 0 Å². The predicted octanol–water partition coefficient (Wildman–Crippen LogP) is 4.81. The van der Waals surface area contributed by atoms with Crippen LogP contribution in [0.25, 0.3) is 11.6 Å². The van der Waals surface area contributed by atoms with E-state index in [4.69, 9.17) is 16.0 Å². The first-order valence-corrected chi connectivity index (χ1v) is 8.82. The summed E-state index contributed by atoms with van der Waals surface area (Å²) in [5.41, 5.74) is 0.797. The molecule has 0 unspecified atom stereocenters. The van der Waals surface area contributed by atoms with Gasteiger partial charge in [-0.15, -0.1) is 11.8 Å². The molecule has 25 heavy (non-hydrogen) atoms. The maximum absolute atomic E-state index is 13.9. The van der Waals surface area contributed by atoms with Crippen LogP contribution in [0.1, 0.15) is 16.1 Å². The summed E-state index contributed by atoms with van der Waals surface area (Å²) < 4.78 is 19.2. The number of halogens is 2. The molecular formula is C17H13ClFN3O2S. The summed E-state index contributed by atoms with van der Waals surface area (Å²) in [7, 11) is 0. The second-order valence-electron chi connectivity index (χ2n) is 5.07. The van der Waals surface area contributed by atoms with E-state index >= 15 is 0 Å². The third-order valence-electron chi connectivity index (χ3n) is 3.40. The molecule has 0 saturated heterocycles. The first-order valence-electron chi connectivity index (χ1n) is 7.22. The Morgan fingerprint density at radius 2 is 2.12 bits per heavy atom. The summed E-state index contributed by atoms with van der Waals surface area (Å²) in [6.45, 7) is 1.70. The van der Waals surface area contributed by atoms with Crippen molar-refractivity contribution < 1.29 is 13.6 Å². The number of carbonyl (C=O) groups is 1. The lowest BCUT2D eigenvalue weighted by Gasteiger charge is -2.12. The number of rotatable bonds is 4. The van der Waals surface area contributed by atoms with Crippen LogP contribution in [0, 0.1) is 12.7 Å². The van der Waals surface area contributed by atoms with Crippen molar-refractivity contribution in [2.75, 3.05) is 11.6 Å². The molecule has 0 aliphatic rings. The van der Waals surface area contributed by atoms with Gasteiger partial charge in [0.15, 0.2) is 11.6 Å². The molecule has 3 aromatic rings. The molecule has 0 fully saturated rings. The topological polar surface area (TPSA) is 68.0 Å². The predicted molar refractivity (Wildman–Crippen MR) is 95.6 cm³/mol. The zero-order valence-electron chi connectivity index (χ0n) is 13.3. The van der Waals surface area contributed by atoms with Gasteiger partial charge in [-0.3, -0.25) is 4.79 Å². The van der Waals surface area contributed by atoms with Gasteiger partial charge in [0.2, 0.25) is 0 Å². The number of aromatic nitrogens is 2. The molecule has 2 heterocycles. The molecule has 1 N–H and O–H groups in total. The SMILES string of the molecule is CSc1nc(-c2ccco2)nc(C)c1C(=O)Nc1ccc(Cl)cc1F. The zero-order valence-corrected chi connectivity index (χ0v) is 14.9. The molecule has 5 nitrogen and oxygen atoms in total. The van der Waals surface area contributed by atoms with Crippen molar-refractivity contribution in [2.45, 2.75) is 11.9 Å². The first kappa shape index (κ1) is 17.4. The molecule has 2 aromatic heterocycles. The summed E-state index contributed by atoms with van der Waals surface area (Å²) in [4.78, 5) is 21.3. The van der Waals surface area contributed by atoms with Gasteiger partial charge in [-0.2, -0.15) is 0 Å². The van der Waals surface area contributed by atoms with E-state index in [0.717, 1.165) is 6.07 Å². The number of benzene rings is 1. The molecule has 8 heteroatoms. The number of furan rings is 1. The number of amides is 1. The van der Waals surface area contributed by atoms with Gasteiger partial charge < -0.3 is 9.73 Å². The Balaban J connectivity index is 1.97. The summed E-state index contributed by atoms with van der Waals surface area (Å²) >= 11 is 7.02. The number of anilines is 1. The highest BCUT2D eigenvalue weighted by atomic mass is 35.5. The van der Waals surface area contributed by atoms with Crippen molar-refractivity contribution in [3.63, 3.8) is 0 Å². The van der Waals surface area contributed by atoms with Crippen molar-refractivity contribution in [2.24, 2.45) is 0 Å². The summed E-state index contributed by atoms with van der Waals surface area (Å²) in [6, 6.07) is 7.51. The average molecular weight is 378 g/mol. The van der Waals surface area contributed by atoms with Crippen molar-refractivity contribution >= 4 is 35.0 Å². The smallest absolute Gasteiger partial charge is 0.260 e. The highest BCUT2D eigenvalue weighted by Crippen LogP contribution is 2.26. The molecule has 0 aliphatic heterocycles. The van der Waals surface area contributed by atoms with Gasteiger partial charge in [0.25, 0.3) is 5.91 Å². The van der Waals surface area contributed by atoms with Gasteiger partial charge in [0.05, 0.1) is 23.2 Å². The Hall–Kier alpha value is -2.38. The number of thioether (sulfide) groups is 1. The van der Waals surface area contributed by atoms with Gasteiger partial charge in [0, 0.05) is 5.02 Å². The number of hydrogen-bond acceptors (Lipinski definition) is 5. The normalized spacial score (nSPS) is 10.7. The van der Waals surface area contributed by atoms with Gasteiger partial charge in [-0.25, -0.2) is 14.4 Å². The number of carbonyl (C=O) groups excluding carboxylic acids is 1. The second kappa shape index (κ2) is 7.25. The maximum atomic E-state index is 13.9. The fourth-order valence-corrected chi connectivity index (χ4v) is 3.03. The fraction of sp³-hybridized carbons (Fsp3) is 0.118. The molecule has 0 spiro atoms. The number of nitrogens with zero attached hydrogens (tertiary/aromatic N) is 2. The Bertz CT molecular complexity index is 932. The monoisotopic (exact) mass is 377 g/mol. The van der Waals surface area contributed by atoms with Crippen LogP contribution in [0.15, 0.2) is 46.0 Å². The molecule has 3 rings (SSSR count). The summed E-state index contributed by atoms with van der Waals surface area (Å²) in [5, 5.41) is 3.26. The highest BCUT2D eigenvalue weighted by Gasteiger charge is 2.20. The number of nitrogens with one attached hydrogen (secondary N) is 1. The molecule has 0 radical (unpaired) electrons. The quantitative estimate of drug-likeness (QED) is 0.522. The van der Waals surface area contributed by atoms with Gasteiger partial charge in [-0.05, 0) is 43.5 Å². The molecule has 1 amide bonds. The lowest BCUT2D eigenvalue weighted by molar-refractivity contribution is 0.102. The third-order valence-corrected chi connectivity index (χ3v) is 4.32. The van der Waals surface area contributed by atoms with Crippen molar-refractivity contribution in [1.29, 1.82) is 0 Å². The van der Waals surface area contributed by atoms with E-state index in [0.29, 0.717) is 22.3 Å². The average Bonchev–Trinajstić information content (AvgIpc) is 3.11. The Labute approximate surface area is 152 Å². The minimum absolute atomic E-state index is 0.0379. The third kappa shape index (κ3) is 3.67. The lowest BCUT2D eigenvalue weighted by atomic mass is 10.2. The number of aryl methyl sites for hydroxylation is 1. The minimum Gasteiger partial charge on any atom is -0.461 e. The van der Waals surface area contributed by atoms with Crippen LogP contribution in [-0.4, -0.2) is 22.1 Å². The molecule has 0 saturated carbocycles. The summed E-state index contributed by atoms with van der Waals surface area (Å²) in [6.07, 6.45) is 3.32. The van der Waals surface area contributed by atoms with Crippen LogP contribution >= 0.6 is 23.4 Å². The molecule has 0 aliphatic carbocycles. The van der Waals surface area contributed by atoms with E-state index in [2.05, 4.69) is 15.3 Å². The van der Waals surface area contributed by atoms with Crippen molar-refractivity contribution in [1.82, 2.24) is 9.97 Å². The largest absolute Gasteiger partial charge is 0.461 e. The van der Waals surface area contributed by atoms with E-state index in [1.807, 2.05) is 0 Å². The van der Waals surface area contributed by atoms with Gasteiger partial charge in [-0.1, -0.05) is 11.6 Å². The Morgan fingerprint density at radius 3 is 2.76 bits per heavy atom. The Kier molecular flexibility index (Phi) is 5.06. The van der Waals surface area contributed by atoms with Crippen LogP contribution in [0.5, 0.6) is 0 Å². The fourth-order valence-electron chi connectivity index (χ4n) is 2.25. The number of hydrogen-bond donors (Lipinski definition) is 1. The van der Waals surface area contributed by atoms with Crippen molar-refractivity contribution in [3.05, 3.63) is 58.7 Å². The van der Waals surface area contributed by atoms with Crippen LogP contribution < -0.4 is 5.32 Å². The molecular weight excluding hydrogens is 365 g/mol. The van der Waals surface area contributed by atoms with E-state index in [-0.39, 0.29) is 16.3 Å². The van der Waals surface area contributed by atoms with E-state index in [1.165, 1.54) is 30.2 Å². The van der Waals surface area contributed by atoms with Crippen molar-refractivity contribution in [3.8, 4) is 11.6 Å². The highest BCUT2D eigenvalue weighted by molar-refractivity contribution is 7.98.